The standard InChI is InChI=1S/C18H19Cl2FN2O3S/c1-3-4-11(2)23-27(25,26)13-6-8-17(16(21)10-13)22-18(24)14-7-5-12(19)9-15(14)20/h5-11,23H,3-4H2,1-2H3,(H,22,24)/t11-/m1/s1. The molecule has 0 radical (unpaired) electrons. The van der Waals surface area contributed by atoms with Crippen molar-refractivity contribution in [1.82, 2.24) is 4.72 Å². The van der Waals surface area contributed by atoms with Crippen molar-refractivity contribution >= 4 is 44.8 Å². The van der Waals surface area contributed by atoms with E-state index in [2.05, 4.69) is 10.0 Å². The normalized spacial score (nSPS) is 12.6. The predicted octanol–water partition coefficient (Wildman–Crippen LogP) is 4.85. The van der Waals surface area contributed by atoms with Crippen molar-refractivity contribution in [3.05, 3.63) is 57.8 Å². The Hall–Kier alpha value is -1.67. The number of hydrogen-bond donors (Lipinski definition) is 2. The molecule has 2 aromatic rings. The highest BCUT2D eigenvalue weighted by Crippen LogP contribution is 2.24. The fraction of sp³-hybridized carbons (Fsp3) is 0.278. The highest BCUT2D eigenvalue weighted by Gasteiger charge is 2.20. The van der Waals surface area contributed by atoms with E-state index in [1.165, 1.54) is 30.3 Å². The van der Waals surface area contributed by atoms with Crippen LogP contribution < -0.4 is 10.0 Å². The molecule has 1 atom stereocenters. The average Bonchev–Trinajstić information content (AvgIpc) is 2.56. The summed E-state index contributed by atoms with van der Waals surface area (Å²) in [4.78, 5) is 12.0. The summed E-state index contributed by atoms with van der Waals surface area (Å²) < 4.78 is 41.4. The molecule has 0 unspecified atom stereocenters. The molecule has 2 N–H and O–H groups in total. The van der Waals surface area contributed by atoms with Crippen molar-refractivity contribution in [3.63, 3.8) is 0 Å². The van der Waals surface area contributed by atoms with E-state index in [-0.39, 0.29) is 27.2 Å². The van der Waals surface area contributed by atoms with Crippen molar-refractivity contribution in [3.8, 4) is 0 Å². The van der Waals surface area contributed by atoms with Crippen LogP contribution >= 0.6 is 23.2 Å². The van der Waals surface area contributed by atoms with E-state index in [0.717, 1.165) is 12.5 Å². The first-order valence-electron chi connectivity index (χ1n) is 8.22. The van der Waals surface area contributed by atoms with Crippen LogP contribution in [0.15, 0.2) is 41.3 Å². The lowest BCUT2D eigenvalue weighted by Crippen LogP contribution is -2.32. The first-order valence-corrected chi connectivity index (χ1v) is 10.5. The first kappa shape index (κ1) is 21.6. The maximum atomic E-state index is 14.3. The van der Waals surface area contributed by atoms with Crippen LogP contribution in [0.1, 0.15) is 37.0 Å². The Morgan fingerprint density at radius 3 is 2.48 bits per heavy atom. The van der Waals surface area contributed by atoms with Gasteiger partial charge in [-0.05, 0) is 49.7 Å². The fourth-order valence-corrected chi connectivity index (χ4v) is 4.24. The highest BCUT2D eigenvalue weighted by atomic mass is 35.5. The summed E-state index contributed by atoms with van der Waals surface area (Å²) in [6, 6.07) is 7.30. The molecule has 9 heteroatoms. The Morgan fingerprint density at radius 1 is 1.19 bits per heavy atom. The lowest BCUT2D eigenvalue weighted by atomic mass is 10.2. The second-order valence-corrected chi connectivity index (χ2v) is 8.59. The summed E-state index contributed by atoms with van der Waals surface area (Å²) in [6.07, 6.45) is 1.48. The number of sulfonamides is 1. The minimum atomic E-state index is -3.85. The van der Waals surface area contributed by atoms with E-state index in [0.29, 0.717) is 11.4 Å². The van der Waals surface area contributed by atoms with Crippen LogP contribution in [0.2, 0.25) is 10.0 Å². The number of anilines is 1. The molecular weight excluding hydrogens is 414 g/mol. The molecule has 0 aromatic heterocycles. The predicted molar refractivity (Wildman–Crippen MR) is 106 cm³/mol. The maximum Gasteiger partial charge on any atom is 0.257 e. The largest absolute Gasteiger partial charge is 0.319 e. The molecule has 0 fully saturated rings. The third-order valence-electron chi connectivity index (χ3n) is 3.75. The van der Waals surface area contributed by atoms with Crippen LogP contribution in [0.3, 0.4) is 0 Å². The summed E-state index contributed by atoms with van der Waals surface area (Å²) in [5, 5.41) is 2.85. The molecule has 0 aliphatic carbocycles. The minimum Gasteiger partial charge on any atom is -0.319 e. The van der Waals surface area contributed by atoms with Gasteiger partial charge >= 0.3 is 0 Å². The van der Waals surface area contributed by atoms with Gasteiger partial charge in [0.05, 0.1) is 21.2 Å². The van der Waals surface area contributed by atoms with Crippen molar-refractivity contribution in [2.75, 3.05) is 5.32 Å². The summed E-state index contributed by atoms with van der Waals surface area (Å²) in [5.74, 6) is -1.51. The van der Waals surface area contributed by atoms with Crippen molar-refractivity contribution in [2.24, 2.45) is 0 Å². The van der Waals surface area contributed by atoms with Gasteiger partial charge in [-0.3, -0.25) is 4.79 Å². The van der Waals surface area contributed by atoms with Crippen molar-refractivity contribution in [1.29, 1.82) is 0 Å². The summed E-state index contributed by atoms with van der Waals surface area (Å²) in [5.41, 5.74) is -0.0428. The van der Waals surface area contributed by atoms with Crippen molar-refractivity contribution in [2.45, 2.75) is 37.6 Å². The van der Waals surface area contributed by atoms with Gasteiger partial charge < -0.3 is 5.32 Å². The quantitative estimate of drug-likeness (QED) is 0.656. The van der Waals surface area contributed by atoms with E-state index >= 15 is 0 Å². The monoisotopic (exact) mass is 432 g/mol. The van der Waals surface area contributed by atoms with Gasteiger partial charge in [0.25, 0.3) is 5.91 Å². The van der Waals surface area contributed by atoms with E-state index < -0.39 is 21.7 Å². The first-order chi connectivity index (χ1) is 12.6. The number of amides is 1. The molecule has 1 amide bonds. The molecule has 27 heavy (non-hydrogen) atoms. The molecular formula is C18H19Cl2FN2O3S. The van der Waals surface area contributed by atoms with Gasteiger partial charge in [0.15, 0.2) is 0 Å². The van der Waals surface area contributed by atoms with E-state index in [9.17, 15) is 17.6 Å². The topological polar surface area (TPSA) is 75.3 Å². The van der Waals surface area contributed by atoms with Crippen LogP contribution in [0.4, 0.5) is 10.1 Å². The van der Waals surface area contributed by atoms with Crippen LogP contribution in [-0.4, -0.2) is 20.4 Å². The van der Waals surface area contributed by atoms with Crippen molar-refractivity contribution < 1.29 is 17.6 Å². The Labute approximate surface area is 167 Å². The number of carbonyl (C=O) groups is 1. The molecule has 0 aliphatic heterocycles. The fourth-order valence-electron chi connectivity index (χ4n) is 2.45. The second kappa shape index (κ2) is 9.01. The van der Waals surface area contributed by atoms with Gasteiger partial charge in [-0.25, -0.2) is 17.5 Å². The van der Waals surface area contributed by atoms with Gasteiger partial charge in [-0.1, -0.05) is 36.5 Å². The van der Waals surface area contributed by atoms with E-state index in [4.69, 9.17) is 23.2 Å². The number of rotatable bonds is 7. The van der Waals surface area contributed by atoms with Gasteiger partial charge in [0, 0.05) is 11.1 Å². The number of halogens is 3. The van der Waals surface area contributed by atoms with Gasteiger partial charge in [0.1, 0.15) is 5.82 Å². The number of nitrogens with one attached hydrogen (secondary N) is 2. The average molecular weight is 433 g/mol. The SMILES string of the molecule is CCC[C@@H](C)NS(=O)(=O)c1ccc(NC(=O)c2ccc(Cl)cc2Cl)c(F)c1. The van der Waals surface area contributed by atoms with E-state index in [1.807, 2.05) is 6.92 Å². The van der Waals surface area contributed by atoms with Crippen LogP contribution in [0.5, 0.6) is 0 Å². The summed E-state index contributed by atoms with van der Waals surface area (Å²) in [7, 11) is -3.85. The minimum absolute atomic E-state index is 0.118. The van der Waals surface area contributed by atoms with Crippen LogP contribution in [-0.2, 0) is 10.0 Å². The number of carbonyl (C=O) groups excluding carboxylic acids is 1. The Morgan fingerprint density at radius 2 is 1.89 bits per heavy atom. The third kappa shape index (κ3) is 5.65. The molecule has 0 saturated heterocycles. The lowest BCUT2D eigenvalue weighted by molar-refractivity contribution is 0.102. The Balaban J connectivity index is 2.20. The molecule has 146 valence electrons. The molecule has 5 nitrogen and oxygen atoms in total. The second-order valence-electron chi connectivity index (χ2n) is 6.03. The van der Waals surface area contributed by atoms with Gasteiger partial charge in [0.2, 0.25) is 10.0 Å². The molecule has 0 spiro atoms. The molecule has 0 heterocycles. The Bertz CT molecular complexity index is 952. The summed E-state index contributed by atoms with van der Waals surface area (Å²) in [6.45, 7) is 3.68. The molecule has 2 aromatic carbocycles. The van der Waals surface area contributed by atoms with Crippen LogP contribution in [0.25, 0.3) is 0 Å². The van der Waals surface area contributed by atoms with E-state index in [1.54, 1.807) is 6.92 Å². The smallest absolute Gasteiger partial charge is 0.257 e. The lowest BCUT2D eigenvalue weighted by Gasteiger charge is -2.14. The van der Waals surface area contributed by atoms with Gasteiger partial charge in [-0.15, -0.1) is 0 Å². The molecule has 0 bridgehead atoms. The van der Waals surface area contributed by atoms with Gasteiger partial charge in [-0.2, -0.15) is 0 Å². The maximum absolute atomic E-state index is 14.3. The molecule has 0 aliphatic rings. The molecule has 0 saturated carbocycles. The summed E-state index contributed by atoms with van der Waals surface area (Å²) >= 11 is 11.7. The zero-order chi connectivity index (χ0) is 20.2. The number of benzene rings is 2. The third-order valence-corrected chi connectivity index (χ3v) is 5.89. The zero-order valence-corrected chi connectivity index (χ0v) is 17.1. The molecule has 2 rings (SSSR count). The van der Waals surface area contributed by atoms with Crippen LogP contribution in [0, 0.1) is 5.82 Å². The highest BCUT2D eigenvalue weighted by molar-refractivity contribution is 7.89. The Kier molecular flexibility index (Phi) is 7.22. The number of hydrogen-bond acceptors (Lipinski definition) is 3. The zero-order valence-electron chi connectivity index (χ0n) is 14.7.